The third-order valence-electron chi connectivity index (χ3n) is 3.48. The Balaban J connectivity index is 2.41. The molecule has 1 aromatic carbocycles. The normalized spacial score (nSPS) is 26.1. The summed E-state index contributed by atoms with van der Waals surface area (Å²) in [5.74, 6) is 0. The van der Waals surface area contributed by atoms with Crippen molar-refractivity contribution in [1.82, 2.24) is 4.90 Å². The Morgan fingerprint density at radius 3 is 2.59 bits per heavy atom. The lowest BCUT2D eigenvalue weighted by Crippen LogP contribution is -2.45. The Morgan fingerprint density at radius 1 is 1.35 bits per heavy atom. The van der Waals surface area contributed by atoms with Gasteiger partial charge in [-0.25, -0.2) is 0 Å². The van der Waals surface area contributed by atoms with E-state index in [4.69, 9.17) is 28.9 Å². The maximum atomic E-state index is 6.28. The first-order valence-corrected chi connectivity index (χ1v) is 6.84. The van der Waals surface area contributed by atoms with E-state index in [1.165, 1.54) is 0 Å². The molecule has 0 radical (unpaired) electrons. The second-order valence-corrected chi connectivity index (χ2v) is 5.33. The zero-order valence-electron chi connectivity index (χ0n) is 10.00. The Hall–Kier alpha value is -0.280. The molecule has 1 saturated heterocycles. The molecule has 17 heavy (non-hydrogen) atoms. The molecule has 1 aromatic rings. The minimum absolute atomic E-state index is 0.112. The molecule has 2 atom stereocenters. The number of hydrogen-bond donors (Lipinski definition) is 1. The number of nitrogens with zero attached hydrogens (tertiary/aromatic N) is 1. The average molecular weight is 273 g/mol. The fourth-order valence-electron chi connectivity index (χ4n) is 2.64. The van der Waals surface area contributed by atoms with E-state index in [1.54, 1.807) is 0 Å². The molecule has 2 nitrogen and oxygen atoms in total. The summed E-state index contributed by atoms with van der Waals surface area (Å²) in [7, 11) is 0. The Labute approximate surface area is 113 Å². The molecule has 1 heterocycles. The van der Waals surface area contributed by atoms with Crippen molar-refractivity contribution in [2.75, 3.05) is 13.1 Å². The van der Waals surface area contributed by atoms with Gasteiger partial charge < -0.3 is 5.73 Å². The molecule has 0 saturated carbocycles. The van der Waals surface area contributed by atoms with Gasteiger partial charge in [-0.1, -0.05) is 36.2 Å². The summed E-state index contributed by atoms with van der Waals surface area (Å²) in [5.41, 5.74) is 7.25. The number of piperidine rings is 1. The van der Waals surface area contributed by atoms with Crippen molar-refractivity contribution in [3.8, 4) is 0 Å². The summed E-state index contributed by atoms with van der Waals surface area (Å²) in [6, 6.07) is 5.91. The molecule has 1 aliphatic heterocycles. The summed E-state index contributed by atoms with van der Waals surface area (Å²) < 4.78 is 0. The van der Waals surface area contributed by atoms with Crippen LogP contribution in [0, 0.1) is 0 Å². The molecular weight excluding hydrogens is 255 g/mol. The largest absolute Gasteiger partial charge is 0.326 e. The molecule has 0 spiro atoms. The van der Waals surface area contributed by atoms with Gasteiger partial charge in [0.25, 0.3) is 0 Å². The van der Waals surface area contributed by atoms with E-state index < -0.39 is 0 Å². The van der Waals surface area contributed by atoms with E-state index in [0.29, 0.717) is 0 Å². The summed E-state index contributed by atoms with van der Waals surface area (Å²) in [5, 5.41) is 1.44. The van der Waals surface area contributed by atoms with Gasteiger partial charge in [-0.05, 0) is 38.1 Å². The Bertz CT molecular complexity index is 375. The summed E-state index contributed by atoms with van der Waals surface area (Å²) >= 11 is 12.6. The van der Waals surface area contributed by atoms with E-state index >= 15 is 0 Å². The molecule has 1 fully saturated rings. The van der Waals surface area contributed by atoms with Gasteiger partial charge in [-0.3, -0.25) is 4.90 Å². The van der Waals surface area contributed by atoms with Gasteiger partial charge in [-0.2, -0.15) is 0 Å². The molecule has 4 heteroatoms. The van der Waals surface area contributed by atoms with Gasteiger partial charge in [0.05, 0.1) is 6.04 Å². The maximum absolute atomic E-state index is 6.28. The first-order chi connectivity index (χ1) is 8.15. The van der Waals surface area contributed by atoms with Crippen LogP contribution in [0.25, 0.3) is 0 Å². The van der Waals surface area contributed by atoms with Gasteiger partial charge in [-0.15, -0.1) is 0 Å². The summed E-state index contributed by atoms with van der Waals surface area (Å²) in [6.45, 7) is 4.19. The molecule has 1 aliphatic rings. The second-order valence-electron chi connectivity index (χ2n) is 4.51. The highest BCUT2D eigenvalue weighted by molar-refractivity contribution is 6.36. The molecule has 2 unspecified atom stereocenters. The van der Waals surface area contributed by atoms with E-state index in [-0.39, 0.29) is 12.1 Å². The van der Waals surface area contributed by atoms with Crippen LogP contribution in [0.5, 0.6) is 0 Å². The van der Waals surface area contributed by atoms with Crippen molar-refractivity contribution in [3.63, 3.8) is 0 Å². The van der Waals surface area contributed by atoms with Crippen LogP contribution in [-0.4, -0.2) is 24.0 Å². The van der Waals surface area contributed by atoms with Crippen molar-refractivity contribution in [3.05, 3.63) is 33.8 Å². The van der Waals surface area contributed by atoms with Gasteiger partial charge >= 0.3 is 0 Å². The average Bonchev–Trinajstić information content (AvgIpc) is 2.30. The van der Waals surface area contributed by atoms with Crippen LogP contribution in [0.4, 0.5) is 0 Å². The highest BCUT2D eigenvalue weighted by Crippen LogP contribution is 2.38. The standard InChI is InChI=1S/C13H18Cl2N2/c1-2-17-8-4-7-11(16)13(17)12-9(14)5-3-6-10(12)15/h3,5-6,11,13H,2,4,7-8,16H2,1H3. The van der Waals surface area contributed by atoms with Crippen molar-refractivity contribution >= 4 is 23.2 Å². The van der Waals surface area contributed by atoms with Crippen LogP contribution in [0.1, 0.15) is 31.4 Å². The van der Waals surface area contributed by atoms with Gasteiger partial charge in [0.15, 0.2) is 0 Å². The van der Waals surface area contributed by atoms with Crippen LogP contribution in [0.3, 0.4) is 0 Å². The minimum atomic E-state index is 0.112. The molecule has 2 rings (SSSR count). The lowest BCUT2D eigenvalue weighted by Gasteiger charge is -2.40. The zero-order chi connectivity index (χ0) is 12.4. The SMILES string of the molecule is CCN1CCCC(N)C1c1c(Cl)cccc1Cl. The molecular formula is C13H18Cl2N2. The number of nitrogens with two attached hydrogens (primary N) is 1. The van der Waals surface area contributed by atoms with E-state index in [1.807, 2.05) is 18.2 Å². The fraction of sp³-hybridized carbons (Fsp3) is 0.538. The number of benzene rings is 1. The number of likely N-dealkylation sites (N-methyl/N-ethyl adjacent to an activating group) is 1. The summed E-state index contributed by atoms with van der Waals surface area (Å²) in [4.78, 5) is 2.36. The second kappa shape index (κ2) is 5.57. The zero-order valence-corrected chi connectivity index (χ0v) is 11.5. The first-order valence-electron chi connectivity index (χ1n) is 6.08. The van der Waals surface area contributed by atoms with Gasteiger partial charge in [0.1, 0.15) is 0 Å². The maximum Gasteiger partial charge on any atom is 0.0528 e. The number of rotatable bonds is 2. The quantitative estimate of drug-likeness (QED) is 0.893. The van der Waals surface area contributed by atoms with Crippen LogP contribution < -0.4 is 5.73 Å². The molecule has 0 bridgehead atoms. The summed E-state index contributed by atoms with van der Waals surface area (Å²) in [6.07, 6.45) is 2.18. The molecule has 2 N–H and O–H groups in total. The fourth-order valence-corrected chi connectivity index (χ4v) is 3.26. The van der Waals surface area contributed by atoms with Gasteiger partial charge in [0.2, 0.25) is 0 Å². The van der Waals surface area contributed by atoms with Crippen LogP contribution in [0.2, 0.25) is 10.0 Å². The van der Waals surface area contributed by atoms with Crippen LogP contribution >= 0.6 is 23.2 Å². The van der Waals surface area contributed by atoms with E-state index in [9.17, 15) is 0 Å². The molecule has 0 amide bonds. The molecule has 94 valence electrons. The highest BCUT2D eigenvalue weighted by atomic mass is 35.5. The molecule has 0 aliphatic carbocycles. The van der Waals surface area contributed by atoms with Crippen molar-refractivity contribution in [2.45, 2.75) is 31.8 Å². The van der Waals surface area contributed by atoms with Gasteiger partial charge in [0, 0.05) is 21.7 Å². The Morgan fingerprint density at radius 2 is 2.00 bits per heavy atom. The minimum Gasteiger partial charge on any atom is -0.326 e. The van der Waals surface area contributed by atoms with E-state index in [0.717, 1.165) is 41.5 Å². The lowest BCUT2D eigenvalue weighted by atomic mass is 9.91. The lowest BCUT2D eigenvalue weighted by molar-refractivity contribution is 0.136. The molecule has 0 aromatic heterocycles. The van der Waals surface area contributed by atoms with E-state index in [2.05, 4.69) is 11.8 Å². The number of hydrogen-bond acceptors (Lipinski definition) is 2. The van der Waals surface area contributed by atoms with Crippen LogP contribution in [0.15, 0.2) is 18.2 Å². The smallest absolute Gasteiger partial charge is 0.0528 e. The predicted molar refractivity (Wildman–Crippen MR) is 73.7 cm³/mol. The predicted octanol–water partition coefficient (Wildman–Crippen LogP) is 3.48. The van der Waals surface area contributed by atoms with Crippen molar-refractivity contribution < 1.29 is 0 Å². The topological polar surface area (TPSA) is 29.3 Å². The highest BCUT2D eigenvalue weighted by Gasteiger charge is 2.32. The number of likely N-dealkylation sites (tertiary alicyclic amines) is 1. The van der Waals surface area contributed by atoms with Crippen molar-refractivity contribution in [1.29, 1.82) is 0 Å². The third kappa shape index (κ3) is 2.60. The van der Waals surface area contributed by atoms with Crippen LogP contribution in [-0.2, 0) is 0 Å². The number of halogens is 2. The first kappa shape index (κ1) is 13.2. The monoisotopic (exact) mass is 272 g/mol. The van der Waals surface area contributed by atoms with Crippen molar-refractivity contribution in [2.24, 2.45) is 5.73 Å². The third-order valence-corrected chi connectivity index (χ3v) is 4.14. The Kier molecular flexibility index (Phi) is 4.31.